The van der Waals surface area contributed by atoms with E-state index in [1.165, 1.54) is 4.90 Å². The van der Waals surface area contributed by atoms with Gasteiger partial charge in [-0.3, -0.25) is 4.79 Å². The number of aryl methyl sites for hydroxylation is 1. The molecule has 0 spiro atoms. The number of carbonyl (C=O) groups is 3. The number of cyclic esters (lactones) is 1. The molecule has 0 saturated carbocycles. The molecule has 2 atom stereocenters. The maximum Gasteiger partial charge on any atom is 0.417 e. The Morgan fingerprint density at radius 3 is 2.58 bits per heavy atom. The van der Waals surface area contributed by atoms with Gasteiger partial charge in [0.1, 0.15) is 18.0 Å². The van der Waals surface area contributed by atoms with Gasteiger partial charge < -0.3 is 23.9 Å². The fourth-order valence-corrected chi connectivity index (χ4v) is 4.30. The topological polar surface area (TPSA) is 120 Å². The van der Waals surface area contributed by atoms with Gasteiger partial charge in [-0.25, -0.2) is 19.5 Å². The van der Waals surface area contributed by atoms with Crippen LogP contribution in [0.5, 0.6) is 11.5 Å². The van der Waals surface area contributed by atoms with Crippen molar-refractivity contribution in [2.75, 3.05) is 13.4 Å². The molecular formula is C26H33N3O7. The Bertz CT molecular complexity index is 1160. The van der Waals surface area contributed by atoms with Crippen molar-refractivity contribution in [1.29, 1.82) is 0 Å². The largest absolute Gasteiger partial charge is 0.455 e. The Balaban J connectivity index is 1.75. The van der Waals surface area contributed by atoms with Gasteiger partial charge in [0.15, 0.2) is 17.2 Å². The number of aromatic nitrogens is 2. The van der Waals surface area contributed by atoms with Crippen LogP contribution in [0.4, 0.5) is 4.79 Å². The Hall–Kier alpha value is -3.56. The van der Waals surface area contributed by atoms with Crippen LogP contribution in [-0.4, -0.2) is 57.9 Å². The molecule has 4 rings (SSSR count). The lowest BCUT2D eigenvalue weighted by atomic mass is 9.90. The molecule has 2 amide bonds. The van der Waals surface area contributed by atoms with E-state index in [1.54, 1.807) is 39.0 Å². The molecule has 2 aliphatic heterocycles. The van der Waals surface area contributed by atoms with Crippen LogP contribution in [0, 0.1) is 5.92 Å². The van der Waals surface area contributed by atoms with Gasteiger partial charge in [0.2, 0.25) is 12.7 Å². The molecule has 0 radical (unpaired) electrons. The first-order valence-corrected chi connectivity index (χ1v) is 12.2. The minimum absolute atomic E-state index is 0.00831. The highest BCUT2D eigenvalue weighted by molar-refractivity contribution is 5.98. The van der Waals surface area contributed by atoms with E-state index in [0.717, 1.165) is 0 Å². The molecule has 1 N–H and O–H groups in total. The molecule has 1 unspecified atom stereocenters. The molecule has 194 valence electrons. The lowest BCUT2D eigenvalue weighted by Crippen LogP contribution is -2.44. The number of rotatable bonds is 7. The highest BCUT2D eigenvalue weighted by Gasteiger charge is 2.43. The van der Waals surface area contributed by atoms with Crippen molar-refractivity contribution in [3.63, 3.8) is 0 Å². The van der Waals surface area contributed by atoms with Gasteiger partial charge in [-0.1, -0.05) is 26.8 Å². The maximum atomic E-state index is 14.0. The van der Waals surface area contributed by atoms with Crippen molar-refractivity contribution in [2.45, 2.75) is 71.9 Å². The van der Waals surface area contributed by atoms with E-state index in [-0.39, 0.29) is 37.5 Å². The van der Waals surface area contributed by atoms with Crippen LogP contribution in [0.1, 0.15) is 75.0 Å². The smallest absolute Gasteiger partial charge is 0.417 e. The van der Waals surface area contributed by atoms with Crippen LogP contribution in [-0.2, 0) is 27.1 Å². The molecule has 10 heteroatoms. The van der Waals surface area contributed by atoms with Crippen molar-refractivity contribution in [2.24, 2.45) is 5.92 Å². The van der Waals surface area contributed by atoms with E-state index >= 15 is 0 Å². The Morgan fingerprint density at radius 2 is 1.92 bits per heavy atom. The minimum atomic E-state index is -0.822. The van der Waals surface area contributed by atoms with Crippen LogP contribution in [0.15, 0.2) is 18.2 Å². The first kappa shape index (κ1) is 25.5. The summed E-state index contributed by atoms with van der Waals surface area (Å²) in [6.07, 6.45) is -0.0170. The Labute approximate surface area is 210 Å². The van der Waals surface area contributed by atoms with Crippen molar-refractivity contribution >= 4 is 18.0 Å². The first-order chi connectivity index (χ1) is 17.0. The third-order valence-electron chi connectivity index (χ3n) is 6.17. The molecule has 1 aromatic carbocycles. The summed E-state index contributed by atoms with van der Waals surface area (Å²) < 4.78 is 21.8. The van der Waals surface area contributed by atoms with Crippen LogP contribution in [0.2, 0.25) is 0 Å². The van der Waals surface area contributed by atoms with E-state index < -0.39 is 29.5 Å². The predicted octanol–water partition coefficient (Wildman–Crippen LogP) is 3.99. The highest BCUT2D eigenvalue weighted by Crippen LogP contribution is 2.37. The van der Waals surface area contributed by atoms with Crippen LogP contribution in [0.25, 0.3) is 0 Å². The molecule has 0 bridgehead atoms. The van der Waals surface area contributed by atoms with Gasteiger partial charge in [-0.15, -0.1) is 0 Å². The van der Waals surface area contributed by atoms with E-state index in [2.05, 4.69) is 9.97 Å². The number of aromatic amines is 1. The number of imide groups is 1. The van der Waals surface area contributed by atoms with E-state index in [0.29, 0.717) is 35.0 Å². The number of ether oxygens (including phenoxy) is 4. The molecule has 2 aliphatic rings. The summed E-state index contributed by atoms with van der Waals surface area (Å²) >= 11 is 0. The van der Waals surface area contributed by atoms with Gasteiger partial charge in [-0.2, -0.15) is 0 Å². The lowest BCUT2D eigenvalue weighted by molar-refractivity contribution is -0.131. The zero-order valence-corrected chi connectivity index (χ0v) is 21.5. The first-order valence-electron chi connectivity index (χ1n) is 12.2. The van der Waals surface area contributed by atoms with Crippen molar-refractivity contribution < 1.29 is 33.3 Å². The third-order valence-corrected chi connectivity index (χ3v) is 6.17. The van der Waals surface area contributed by atoms with Crippen molar-refractivity contribution in [3.8, 4) is 11.5 Å². The molecule has 1 saturated heterocycles. The van der Waals surface area contributed by atoms with Crippen molar-refractivity contribution in [3.05, 3.63) is 41.0 Å². The van der Waals surface area contributed by atoms with Gasteiger partial charge in [-0.05, 0) is 44.4 Å². The van der Waals surface area contributed by atoms with E-state index in [1.807, 2.05) is 20.8 Å². The number of amides is 2. The summed E-state index contributed by atoms with van der Waals surface area (Å²) in [4.78, 5) is 48.4. The monoisotopic (exact) mass is 499 g/mol. The van der Waals surface area contributed by atoms with Crippen LogP contribution >= 0.6 is 0 Å². The molecular weight excluding hydrogens is 466 g/mol. The second kappa shape index (κ2) is 9.83. The van der Waals surface area contributed by atoms with Gasteiger partial charge in [0, 0.05) is 12.8 Å². The average molecular weight is 500 g/mol. The average Bonchev–Trinajstić information content (AvgIpc) is 3.53. The SMILES string of the molecule is CCc1nc(C(=O)OC(C)(C)C)c(CC(C(=O)N2C(=O)OC[C@@H]2C(C)C)c2ccc3c(c2)OCO3)[nH]1. The second-order valence-corrected chi connectivity index (χ2v) is 10.3. The third kappa shape index (κ3) is 5.17. The zero-order chi connectivity index (χ0) is 26.2. The molecule has 2 aromatic rings. The number of hydrogen-bond donors (Lipinski definition) is 1. The summed E-state index contributed by atoms with van der Waals surface area (Å²) in [6.45, 7) is 11.4. The normalized spacial score (nSPS) is 17.9. The van der Waals surface area contributed by atoms with Crippen molar-refractivity contribution in [1.82, 2.24) is 14.9 Å². The van der Waals surface area contributed by atoms with Gasteiger partial charge >= 0.3 is 12.1 Å². The molecule has 3 heterocycles. The number of nitrogens with one attached hydrogen (secondary N) is 1. The standard InChI is InChI=1S/C26H33N3O7/c1-7-21-27-17(22(28-21)24(31)36-26(4,5)6)11-16(15-8-9-19-20(10-15)35-13-34-19)23(30)29-18(14(2)3)12-33-25(29)32/h8-10,14,16,18H,7,11-13H2,1-6H3,(H,27,28)/t16?,18-/m1/s1. The fourth-order valence-electron chi connectivity index (χ4n) is 4.30. The van der Waals surface area contributed by atoms with E-state index in [4.69, 9.17) is 18.9 Å². The summed E-state index contributed by atoms with van der Waals surface area (Å²) in [5, 5.41) is 0. The Morgan fingerprint density at radius 1 is 1.19 bits per heavy atom. The molecule has 10 nitrogen and oxygen atoms in total. The molecule has 36 heavy (non-hydrogen) atoms. The van der Waals surface area contributed by atoms with Crippen LogP contribution in [0.3, 0.4) is 0 Å². The number of carbonyl (C=O) groups excluding carboxylic acids is 3. The Kier molecular flexibility index (Phi) is 6.97. The van der Waals surface area contributed by atoms with Gasteiger partial charge in [0.05, 0.1) is 17.7 Å². The van der Waals surface area contributed by atoms with E-state index in [9.17, 15) is 14.4 Å². The molecule has 1 fully saturated rings. The number of fused-ring (bicyclic) bond motifs is 1. The number of hydrogen-bond acceptors (Lipinski definition) is 8. The number of benzene rings is 1. The maximum absolute atomic E-state index is 14.0. The second-order valence-electron chi connectivity index (χ2n) is 10.3. The van der Waals surface area contributed by atoms with Crippen LogP contribution < -0.4 is 9.47 Å². The fraction of sp³-hybridized carbons (Fsp3) is 0.538. The number of esters is 1. The number of nitrogens with zero attached hydrogens (tertiary/aromatic N) is 2. The summed E-state index contributed by atoms with van der Waals surface area (Å²) in [7, 11) is 0. The molecule has 1 aromatic heterocycles. The quantitative estimate of drug-likeness (QED) is 0.568. The number of imidazole rings is 1. The number of H-pyrrole nitrogens is 1. The highest BCUT2D eigenvalue weighted by atomic mass is 16.7. The summed E-state index contributed by atoms with van der Waals surface area (Å²) in [5.41, 5.74) is 0.500. The predicted molar refractivity (Wildman–Crippen MR) is 129 cm³/mol. The summed E-state index contributed by atoms with van der Waals surface area (Å²) in [5.74, 6) is -0.116. The lowest BCUT2D eigenvalue weighted by Gasteiger charge is -2.27. The molecule has 0 aliphatic carbocycles. The van der Waals surface area contributed by atoms with Gasteiger partial charge in [0.25, 0.3) is 0 Å². The summed E-state index contributed by atoms with van der Waals surface area (Å²) in [6, 6.07) is 4.85. The minimum Gasteiger partial charge on any atom is -0.455 e. The zero-order valence-electron chi connectivity index (χ0n) is 21.5.